The summed E-state index contributed by atoms with van der Waals surface area (Å²) in [5.41, 5.74) is -0.137. The lowest BCUT2D eigenvalue weighted by molar-refractivity contribution is -0.118. The molecule has 0 amide bonds. The van der Waals surface area contributed by atoms with E-state index in [1.165, 1.54) is 0 Å². The highest BCUT2D eigenvalue weighted by Gasteiger charge is 2.39. The fraction of sp³-hybridized carbons (Fsp3) is 0.900. The molecule has 0 radical (unpaired) electrons. The average Bonchev–Trinajstić information content (AvgIpc) is 2.11. The molecule has 1 aliphatic carbocycles. The number of hydrogen-bond acceptors (Lipinski definition) is 2. The molecule has 0 N–H and O–H groups in total. The summed E-state index contributed by atoms with van der Waals surface area (Å²) in [4.78, 5) is 14.2. The van der Waals surface area contributed by atoms with Gasteiger partial charge in [0, 0.05) is 21.6 Å². The highest BCUT2D eigenvalue weighted by atomic mass is 79.9. The smallest absolute Gasteiger partial charge is 0.127 e. The van der Waals surface area contributed by atoms with Crippen molar-refractivity contribution in [2.45, 2.75) is 28.9 Å². The Balaban J connectivity index is 2.66. The number of carbonyl (C=O) groups is 1. The van der Waals surface area contributed by atoms with Gasteiger partial charge < -0.3 is 9.69 Å². The van der Waals surface area contributed by atoms with Crippen molar-refractivity contribution in [3.8, 4) is 0 Å². The van der Waals surface area contributed by atoms with E-state index >= 15 is 0 Å². The van der Waals surface area contributed by atoms with Crippen LogP contribution in [0.1, 0.15) is 19.3 Å². The maximum atomic E-state index is 11.2. The molecule has 0 unspecified atom stereocenters. The van der Waals surface area contributed by atoms with Crippen molar-refractivity contribution in [1.82, 2.24) is 4.90 Å². The molecule has 3 atom stereocenters. The molecule has 1 aliphatic rings. The molecule has 0 heterocycles. The first-order chi connectivity index (χ1) is 6.49. The molecule has 0 aromatic carbocycles. The fourth-order valence-corrected chi connectivity index (χ4v) is 3.47. The van der Waals surface area contributed by atoms with Crippen LogP contribution in [0.5, 0.6) is 0 Å². The molecule has 0 saturated heterocycles. The monoisotopic (exact) mass is 325 g/mol. The van der Waals surface area contributed by atoms with Crippen LogP contribution in [0.4, 0.5) is 0 Å². The Labute approximate surface area is 103 Å². The molecule has 0 spiro atoms. The third-order valence-corrected chi connectivity index (χ3v) is 5.56. The lowest BCUT2D eigenvalue weighted by Gasteiger charge is -2.39. The van der Waals surface area contributed by atoms with Crippen LogP contribution in [-0.2, 0) is 4.79 Å². The van der Waals surface area contributed by atoms with Gasteiger partial charge in [-0.2, -0.15) is 0 Å². The van der Waals surface area contributed by atoms with E-state index in [4.69, 9.17) is 0 Å². The Morgan fingerprint density at radius 3 is 2.50 bits per heavy atom. The molecule has 0 aliphatic heterocycles. The third-order valence-electron chi connectivity index (χ3n) is 2.79. The van der Waals surface area contributed by atoms with E-state index < -0.39 is 0 Å². The fourth-order valence-electron chi connectivity index (χ4n) is 2.14. The van der Waals surface area contributed by atoms with Crippen LogP contribution in [0, 0.1) is 5.41 Å². The molecule has 1 saturated carbocycles. The average molecular weight is 327 g/mol. The lowest BCUT2D eigenvalue weighted by Crippen LogP contribution is -2.42. The van der Waals surface area contributed by atoms with E-state index in [2.05, 4.69) is 36.8 Å². The minimum absolute atomic E-state index is 0.137. The second kappa shape index (κ2) is 5.08. The summed E-state index contributed by atoms with van der Waals surface area (Å²) < 4.78 is 0. The van der Waals surface area contributed by atoms with Gasteiger partial charge in [0.05, 0.1) is 0 Å². The van der Waals surface area contributed by atoms with Crippen LogP contribution in [0.2, 0.25) is 0 Å². The number of nitrogens with zero attached hydrogens (tertiary/aromatic N) is 1. The summed E-state index contributed by atoms with van der Waals surface area (Å²) in [5, 5.41) is 0. The molecule has 4 heteroatoms. The van der Waals surface area contributed by atoms with Gasteiger partial charge in [0.2, 0.25) is 0 Å². The zero-order valence-corrected chi connectivity index (χ0v) is 11.8. The molecule has 0 aromatic rings. The second-order valence-corrected chi connectivity index (χ2v) is 6.85. The number of aldehydes is 1. The Morgan fingerprint density at radius 2 is 2.07 bits per heavy atom. The number of halogens is 2. The molecular weight excluding hydrogens is 310 g/mol. The van der Waals surface area contributed by atoms with Gasteiger partial charge in [-0.05, 0) is 33.4 Å². The van der Waals surface area contributed by atoms with E-state index in [-0.39, 0.29) is 5.41 Å². The van der Waals surface area contributed by atoms with Gasteiger partial charge in [-0.15, -0.1) is 0 Å². The van der Waals surface area contributed by atoms with Crippen molar-refractivity contribution in [1.29, 1.82) is 0 Å². The summed E-state index contributed by atoms with van der Waals surface area (Å²) in [6, 6.07) is 0. The molecule has 2 nitrogen and oxygen atoms in total. The van der Waals surface area contributed by atoms with Crippen molar-refractivity contribution in [3.05, 3.63) is 0 Å². The van der Waals surface area contributed by atoms with Gasteiger partial charge in [0.25, 0.3) is 0 Å². The van der Waals surface area contributed by atoms with Gasteiger partial charge in [-0.3, -0.25) is 0 Å². The molecule has 1 fully saturated rings. The van der Waals surface area contributed by atoms with Crippen LogP contribution in [0.3, 0.4) is 0 Å². The maximum Gasteiger partial charge on any atom is 0.127 e. The summed E-state index contributed by atoms with van der Waals surface area (Å²) >= 11 is 7.26. The number of carbonyl (C=O) groups excluding carboxylic acids is 1. The SMILES string of the molecule is CN(C)C[C@@]1(C=O)CC[C@H](Br)[C@H](Br)C1. The van der Waals surface area contributed by atoms with Crippen LogP contribution in [0.25, 0.3) is 0 Å². The zero-order valence-electron chi connectivity index (χ0n) is 8.67. The first kappa shape index (κ1) is 12.7. The highest BCUT2D eigenvalue weighted by Crippen LogP contribution is 2.40. The number of hydrogen-bond donors (Lipinski definition) is 0. The normalized spacial score (nSPS) is 38.6. The van der Waals surface area contributed by atoms with Crippen molar-refractivity contribution in [2.24, 2.45) is 5.41 Å². The topological polar surface area (TPSA) is 20.3 Å². The largest absolute Gasteiger partial charge is 0.308 e. The van der Waals surface area contributed by atoms with E-state index in [0.29, 0.717) is 9.65 Å². The van der Waals surface area contributed by atoms with Crippen LogP contribution >= 0.6 is 31.9 Å². The van der Waals surface area contributed by atoms with Gasteiger partial charge in [0.1, 0.15) is 6.29 Å². The second-order valence-electron chi connectivity index (χ2n) is 4.49. The summed E-state index contributed by atoms with van der Waals surface area (Å²) in [6.07, 6.45) is 4.15. The van der Waals surface area contributed by atoms with Gasteiger partial charge in [-0.1, -0.05) is 31.9 Å². The predicted octanol–water partition coefficient (Wildman–Crippen LogP) is 2.44. The number of rotatable bonds is 3. The highest BCUT2D eigenvalue weighted by molar-refractivity contribution is 9.12. The van der Waals surface area contributed by atoms with E-state index in [1.54, 1.807) is 0 Å². The Hall–Kier alpha value is 0.590. The molecule has 82 valence electrons. The molecule has 14 heavy (non-hydrogen) atoms. The number of alkyl halides is 2. The van der Waals surface area contributed by atoms with Crippen LogP contribution < -0.4 is 0 Å². The molecule has 0 aromatic heterocycles. The van der Waals surface area contributed by atoms with Crippen molar-refractivity contribution in [3.63, 3.8) is 0 Å². The quantitative estimate of drug-likeness (QED) is 0.586. The minimum atomic E-state index is -0.137. The maximum absolute atomic E-state index is 11.2. The molecular formula is C10H17Br2NO. The Bertz CT molecular complexity index is 210. The zero-order chi connectivity index (χ0) is 10.8. The van der Waals surface area contributed by atoms with Crippen LogP contribution in [0.15, 0.2) is 0 Å². The third kappa shape index (κ3) is 3.04. The Morgan fingerprint density at radius 1 is 1.43 bits per heavy atom. The summed E-state index contributed by atoms with van der Waals surface area (Å²) in [5.74, 6) is 0. The lowest BCUT2D eigenvalue weighted by atomic mass is 9.75. The first-order valence-electron chi connectivity index (χ1n) is 4.88. The van der Waals surface area contributed by atoms with E-state index in [1.807, 2.05) is 14.1 Å². The summed E-state index contributed by atoms with van der Waals surface area (Å²) in [6.45, 7) is 0.859. The summed E-state index contributed by atoms with van der Waals surface area (Å²) in [7, 11) is 4.05. The van der Waals surface area contributed by atoms with Gasteiger partial charge >= 0.3 is 0 Å². The van der Waals surface area contributed by atoms with Gasteiger partial charge in [-0.25, -0.2) is 0 Å². The van der Waals surface area contributed by atoms with E-state index in [0.717, 1.165) is 32.1 Å². The van der Waals surface area contributed by atoms with E-state index in [9.17, 15) is 4.79 Å². The van der Waals surface area contributed by atoms with Gasteiger partial charge in [0.15, 0.2) is 0 Å². The van der Waals surface area contributed by atoms with Crippen molar-refractivity contribution in [2.75, 3.05) is 20.6 Å². The standard InChI is InChI=1S/C10H17Br2NO/c1-13(2)6-10(7-14)4-3-8(11)9(12)5-10/h7-9H,3-6H2,1-2H3/t8-,9+,10+/m0/s1. The minimum Gasteiger partial charge on any atom is -0.308 e. The first-order valence-corrected chi connectivity index (χ1v) is 6.71. The molecule has 1 rings (SSSR count). The van der Waals surface area contributed by atoms with Crippen LogP contribution in [-0.4, -0.2) is 41.5 Å². The predicted molar refractivity (Wildman–Crippen MR) is 66.3 cm³/mol. The molecule has 0 bridgehead atoms. The van der Waals surface area contributed by atoms with Crippen molar-refractivity contribution < 1.29 is 4.79 Å². The Kier molecular flexibility index (Phi) is 4.59. The van der Waals surface area contributed by atoms with Crippen molar-refractivity contribution >= 4 is 38.1 Å².